The summed E-state index contributed by atoms with van der Waals surface area (Å²) < 4.78 is 0. The van der Waals surface area contributed by atoms with Crippen molar-refractivity contribution in [1.82, 2.24) is 5.48 Å². The van der Waals surface area contributed by atoms with Crippen LogP contribution in [0.15, 0.2) is 24.3 Å². The van der Waals surface area contributed by atoms with Crippen LogP contribution in [-0.2, 0) is 11.2 Å². The second-order valence-electron chi connectivity index (χ2n) is 3.63. The lowest BCUT2D eigenvalue weighted by molar-refractivity contribution is -0.129. The van der Waals surface area contributed by atoms with Crippen molar-refractivity contribution in [2.75, 3.05) is 0 Å². The van der Waals surface area contributed by atoms with Gasteiger partial charge in [0.05, 0.1) is 0 Å². The summed E-state index contributed by atoms with van der Waals surface area (Å²) in [6.45, 7) is 2.01. The molecule has 4 N–H and O–H groups in total. The zero-order chi connectivity index (χ0) is 11.3. The van der Waals surface area contributed by atoms with E-state index < -0.39 is 5.91 Å². The molecule has 0 fully saturated rings. The summed E-state index contributed by atoms with van der Waals surface area (Å²) in [6, 6.07) is 7.64. The number of amides is 1. The normalized spacial score (nSPS) is 12.2. The van der Waals surface area contributed by atoms with Crippen molar-refractivity contribution >= 4 is 5.91 Å². The minimum Gasteiger partial charge on any atom is -0.327 e. The lowest BCUT2D eigenvalue weighted by Gasteiger charge is -2.11. The van der Waals surface area contributed by atoms with Crippen LogP contribution in [-0.4, -0.2) is 17.2 Å². The molecule has 82 valence electrons. The highest BCUT2D eigenvalue weighted by Crippen LogP contribution is 2.10. The Morgan fingerprint density at radius 2 is 2.20 bits per heavy atom. The van der Waals surface area contributed by atoms with E-state index in [-0.39, 0.29) is 12.5 Å². The number of aryl methyl sites for hydroxylation is 1. The van der Waals surface area contributed by atoms with Crippen LogP contribution in [0.4, 0.5) is 0 Å². The molecule has 0 aliphatic carbocycles. The number of hydrogen-bond donors (Lipinski definition) is 3. The van der Waals surface area contributed by atoms with Crippen molar-refractivity contribution in [3.05, 3.63) is 35.4 Å². The van der Waals surface area contributed by atoms with E-state index in [4.69, 9.17) is 10.9 Å². The smallest absolute Gasteiger partial charge is 0.244 e. The Morgan fingerprint density at radius 1 is 1.53 bits per heavy atom. The van der Waals surface area contributed by atoms with Gasteiger partial charge in [-0.15, -0.1) is 0 Å². The van der Waals surface area contributed by atoms with Gasteiger partial charge < -0.3 is 5.73 Å². The summed E-state index contributed by atoms with van der Waals surface area (Å²) in [4.78, 5) is 10.9. The Balaban J connectivity index is 2.55. The second kappa shape index (κ2) is 5.48. The van der Waals surface area contributed by atoms with E-state index >= 15 is 0 Å². The summed E-state index contributed by atoms with van der Waals surface area (Å²) in [5, 5.41) is 8.35. The molecule has 0 spiro atoms. The molecule has 0 aromatic heterocycles. The SMILES string of the molecule is Cc1ccccc1C[C@@H](N)CC(=O)NO. The van der Waals surface area contributed by atoms with Crippen molar-refractivity contribution in [2.45, 2.75) is 25.8 Å². The molecule has 0 saturated carbocycles. The first-order valence-electron chi connectivity index (χ1n) is 4.86. The number of carbonyl (C=O) groups excluding carboxylic acids is 1. The Bertz CT molecular complexity index is 339. The van der Waals surface area contributed by atoms with E-state index in [1.165, 1.54) is 0 Å². The molecule has 1 rings (SSSR count). The van der Waals surface area contributed by atoms with Gasteiger partial charge >= 0.3 is 0 Å². The Hall–Kier alpha value is -1.39. The monoisotopic (exact) mass is 208 g/mol. The van der Waals surface area contributed by atoms with Crippen molar-refractivity contribution in [2.24, 2.45) is 5.73 Å². The Labute approximate surface area is 89.1 Å². The molecular weight excluding hydrogens is 192 g/mol. The van der Waals surface area contributed by atoms with Gasteiger partial charge in [0.15, 0.2) is 0 Å². The van der Waals surface area contributed by atoms with Gasteiger partial charge in [-0.05, 0) is 24.5 Å². The lowest BCUT2D eigenvalue weighted by Crippen LogP contribution is -2.31. The molecule has 0 heterocycles. The molecule has 0 radical (unpaired) electrons. The zero-order valence-electron chi connectivity index (χ0n) is 8.73. The van der Waals surface area contributed by atoms with Crippen LogP contribution in [0.5, 0.6) is 0 Å². The molecule has 1 amide bonds. The van der Waals surface area contributed by atoms with Crippen molar-refractivity contribution in [3.63, 3.8) is 0 Å². The van der Waals surface area contributed by atoms with Gasteiger partial charge in [-0.25, -0.2) is 5.48 Å². The molecule has 0 bridgehead atoms. The van der Waals surface area contributed by atoms with E-state index in [0.29, 0.717) is 6.42 Å². The summed E-state index contributed by atoms with van der Waals surface area (Å²) in [7, 11) is 0. The lowest BCUT2D eigenvalue weighted by atomic mass is 10.00. The standard InChI is InChI=1S/C11H16N2O2/c1-8-4-2-3-5-9(8)6-10(12)7-11(14)13-15/h2-5,10,15H,6-7,12H2,1H3,(H,13,14)/t10-/m1/s1. The quantitative estimate of drug-likeness (QED) is 0.505. The highest BCUT2D eigenvalue weighted by atomic mass is 16.5. The molecule has 0 saturated heterocycles. The largest absolute Gasteiger partial charge is 0.327 e. The number of nitrogens with two attached hydrogens (primary N) is 1. The zero-order valence-corrected chi connectivity index (χ0v) is 8.73. The first-order chi connectivity index (χ1) is 7.13. The second-order valence-corrected chi connectivity index (χ2v) is 3.63. The van der Waals surface area contributed by atoms with Crippen molar-refractivity contribution in [3.8, 4) is 0 Å². The minimum absolute atomic E-state index is 0.130. The number of hydroxylamine groups is 1. The molecule has 1 atom stereocenters. The summed E-state index contributed by atoms with van der Waals surface area (Å²) in [5.41, 5.74) is 9.66. The van der Waals surface area contributed by atoms with E-state index in [2.05, 4.69) is 0 Å². The van der Waals surface area contributed by atoms with Crippen LogP contribution in [0.25, 0.3) is 0 Å². The number of hydrogen-bond acceptors (Lipinski definition) is 3. The third kappa shape index (κ3) is 3.69. The molecule has 0 aliphatic heterocycles. The molecule has 4 nitrogen and oxygen atoms in total. The number of nitrogens with one attached hydrogen (secondary N) is 1. The minimum atomic E-state index is -0.448. The van der Waals surface area contributed by atoms with Crippen LogP contribution < -0.4 is 11.2 Å². The highest BCUT2D eigenvalue weighted by molar-refractivity contribution is 5.75. The molecule has 1 aromatic carbocycles. The number of carbonyl (C=O) groups is 1. The fourth-order valence-electron chi connectivity index (χ4n) is 1.48. The topological polar surface area (TPSA) is 75.4 Å². The first kappa shape index (κ1) is 11.7. The number of benzene rings is 1. The summed E-state index contributed by atoms with van der Waals surface area (Å²) in [5.74, 6) is -0.448. The van der Waals surface area contributed by atoms with Crippen molar-refractivity contribution in [1.29, 1.82) is 0 Å². The summed E-state index contributed by atoms with van der Waals surface area (Å²) in [6.07, 6.45) is 0.769. The predicted octanol–water partition coefficient (Wildman–Crippen LogP) is 0.760. The first-order valence-corrected chi connectivity index (χ1v) is 4.86. The molecular formula is C11H16N2O2. The highest BCUT2D eigenvalue weighted by Gasteiger charge is 2.10. The number of rotatable bonds is 4. The van der Waals surface area contributed by atoms with Gasteiger partial charge in [0.1, 0.15) is 0 Å². The van der Waals surface area contributed by atoms with Crippen LogP contribution >= 0.6 is 0 Å². The van der Waals surface area contributed by atoms with Crippen molar-refractivity contribution < 1.29 is 10.0 Å². The van der Waals surface area contributed by atoms with Gasteiger partial charge in [-0.3, -0.25) is 10.0 Å². The van der Waals surface area contributed by atoms with Gasteiger partial charge in [-0.1, -0.05) is 24.3 Å². The molecule has 0 aliphatic rings. The summed E-state index contributed by atoms with van der Waals surface area (Å²) >= 11 is 0. The average Bonchev–Trinajstić information content (AvgIpc) is 2.21. The maximum absolute atomic E-state index is 10.9. The fraction of sp³-hybridized carbons (Fsp3) is 0.364. The van der Waals surface area contributed by atoms with Crippen LogP contribution in [0.2, 0.25) is 0 Å². The predicted molar refractivity (Wildman–Crippen MR) is 57.4 cm³/mol. The van der Waals surface area contributed by atoms with Crippen LogP contribution in [0.3, 0.4) is 0 Å². The van der Waals surface area contributed by atoms with E-state index in [1.54, 1.807) is 5.48 Å². The average molecular weight is 208 g/mol. The maximum atomic E-state index is 10.9. The molecule has 0 unspecified atom stereocenters. The third-order valence-corrected chi connectivity index (χ3v) is 2.32. The Morgan fingerprint density at radius 3 is 2.80 bits per heavy atom. The molecule has 4 heteroatoms. The fourth-order valence-corrected chi connectivity index (χ4v) is 1.48. The van der Waals surface area contributed by atoms with E-state index in [0.717, 1.165) is 11.1 Å². The van der Waals surface area contributed by atoms with Gasteiger partial charge in [0.25, 0.3) is 0 Å². The maximum Gasteiger partial charge on any atom is 0.244 e. The van der Waals surface area contributed by atoms with Crippen LogP contribution in [0, 0.1) is 6.92 Å². The van der Waals surface area contributed by atoms with Crippen LogP contribution in [0.1, 0.15) is 17.5 Å². The van der Waals surface area contributed by atoms with E-state index in [1.807, 2.05) is 31.2 Å². The van der Waals surface area contributed by atoms with Gasteiger partial charge in [-0.2, -0.15) is 0 Å². The van der Waals surface area contributed by atoms with E-state index in [9.17, 15) is 4.79 Å². The molecule has 1 aromatic rings. The molecule has 15 heavy (non-hydrogen) atoms. The van der Waals surface area contributed by atoms with Gasteiger partial charge in [0, 0.05) is 12.5 Å². The van der Waals surface area contributed by atoms with Gasteiger partial charge in [0.2, 0.25) is 5.91 Å². The Kier molecular flexibility index (Phi) is 4.27. The third-order valence-electron chi connectivity index (χ3n) is 2.32.